The Labute approximate surface area is 195 Å². The van der Waals surface area contributed by atoms with E-state index in [0.29, 0.717) is 22.5 Å². The second kappa shape index (κ2) is 9.58. The molecule has 178 valence electrons. The molecule has 0 aliphatic carbocycles. The lowest BCUT2D eigenvalue weighted by Crippen LogP contribution is -2.17. The molecule has 1 heterocycles. The van der Waals surface area contributed by atoms with Crippen LogP contribution in [-0.4, -0.2) is 10.1 Å². The van der Waals surface area contributed by atoms with Gasteiger partial charge < -0.3 is 5.11 Å². The van der Waals surface area contributed by atoms with Crippen LogP contribution in [0.15, 0.2) is 54.6 Å². The van der Waals surface area contributed by atoms with Gasteiger partial charge in [-0.05, 0) is 46.7 Å². The molecule has 0 spiro atoms. The lowest BCUT2D eigenvalue weighted by molar-refractivity contribution is -0.137. The van der Waals surface area contributed by atoms with Gasteiger partial charge >= 0.3 is 6.18 Å². The largest absolute Gasteiger partial charge is 0.507 e. The van der Waals surface area contributed by atoms with E-state index in [4.69, 9.17) is 0 Å². The fourth-order valence-corrected chi connectivity index (χ4v) is 3.43. The fraction of sp³-hybridized carbons (Fsp3) is 0.393. The first kappa shape index (κ1) is 26.4. The molecule has 0 bridgehead atoms. The summed E-state index contributed by atoms with van der Waals surface area (Å²) in [7, 11) is 0. The number of alkyl halides is 3. The van der Waals surface area contributed by atoms with Crippen molar-refractivity contribution in [3.8, 4) is 28.3 Å². The molecule has 0 fully saturated rings. The van der Waals surface area contributed by atoms with Crippen LogP contribution in [0.25, 0.3) is 22.5 Å². The number of phenolic OH excluding ortho intramolecular Hbond substituents is 1. The number of phenols is 1. The van der Waals surface area contributed by atoms with Crippen molar-refractivity contribution in [1.82, 2.24) is 4.98 Å². The van der Waals surface area contributed by atoms with Gasteiger partial charge in [0.05, 0.1) is 17.0 Å². The van der Waals surface area contributed by atoms with E-state index in [1.807, 2.05) is 46.8 Å². The second-order valence-electron chi connectivity index (χ2n) is 9.91. The van der Waals surface area contributed by atoms with Gasteiger partial charge in [-0.2, -0.15) is 13.2 Å². The number of nitrogens with zero attached hydrogens (tertiary/aromatic N) is 1. The van der Waals surface area contributed by atoms with Crippen molar-refractivity contribution >= 4 is 0 Å². The van der Waals surface area contributed by atoms with Crippen LogP contribution in [-0.2, 0) is 17.0 Å². The van der Waals surface area contributed by atoms with Crippen LogP contribution in [0.1, 0.15) is 72.1 Å². The molecule has 3 rings (SSSR count). The van der Waals surface area contributed by atoms with Crippen molar-refractivity contribution in [2.24, 2.45) is 0 Å². The Hall–Kier alpha value is -2.82. The average Bonchev–Trinajstić information content (AvgIpc) is 2.73. The summed E-state index contributed by atoms with van der Waals surface area (Å²) in [5.74, 6) is 0.147. The Kier molecular flexibility index (Phi) is 7.67. The van der Waals surface area contributed by atoms with E-state index in [0.717, 1.165) is 23.3 Å². The van der Waals surface area contributed by atoms with E-state index in [1.165, 1.54) is 6.07 Å². The molecule has 0 aliphatic rings. The third-order valence-corrected chi connectivity index (χ3v) is 5.29. The van der Waals surface area contributed by atoms with E-state index >= 15 is 0 Å². The van der Waals surface area contributed by atoms with Gasteiger partial charge in [-0.1, -0.05) is 79.7 Å². The number of rotatable bonds is 2. The molecule has 0 unspecified atom stereocenters. The quantitative estimate of drug-likeness (QED) is 0.417. The maximum absolute atomic E-state index is 13.1. The Balaban J connectivity index is 0.00000187. The minimum atomic E-state index is -4.42. The summed E-state index contributed by atoms with van der Waals surface area (Å²) in [5.41, 5.74) is 2.58. The summed E-state index contributed by atoms with van der Waals surface area (Å²) in [6.45, 7) is 16.4. The molecule has 0 radical (unpaired) electrons. The highest BCUT2D eigenvalue weighted by molar-refractivity contribution is 5.73. The first-order valence-electron chi connectivity index (χ1n) is 11.2. The van der Waals surface area contributed by atoms with Gasteiger partial charge in [0.1, 0.15) is 5.75 Å². The Morgan fingerprint density at radius 1 is 0.697 bits per heavy atom. The Morgan fingerprint density at radius 3 is 1.82 bits per heavy atom. The number of halogens is 3. The van der Waals surface area contributed by atoms with Gasteiger partial charge in [-0.25, -0.2) is 4.98 Å². The lowest BCUT2D eigenvalue weighted by atomic mass is 9.78. The first-order chi connectivity index (χ1) is 15.2. The average molecular weight is 458 g/mol. The topological polar surface area (TPSA) is 33.1 Å². The van der Waals surface area contributed by atoms with E-state index in [1.54, 1.807) is 24.3 Å². The van der Waals surface area contributed by atoms with Crippen LogP contribution in [0, 0.1) is 0 Å². The summed E-state index contributed by atoms with van der Waals surface area (Å²) in [6.07, 6.45) is -4.42. The monoisotopic (exact) mass is 457 g/mol. The van der Waals surface area contributed by atoms with Crippen molar-refractivity contribution in [3.63, 3.8) is 0 Å². The third kappa shape index (κ3) is 6.16. The third-order valence-electron chi connectivity index (χ3n) is 5.29. The SMILES string of the molecule is CC.CC(C)(C)c1cc(-c2cccc(-c3cccc(C(F)(F)F)c3)n2)c(O)c(C(C)(C)C)c1. The maximum atomic E-state index is 13.1. The predicted molar refractivity (Wildman–Crippen MR) is 131 cm³/mol. The molecule has 2 nitrogen and oxygen atoms in total. The summed E-state index contributed by atoms with van der Waals surface area (Å²) >= 11 is 0. The van der Waals surface area contributed by atoms with E-state index in [9.17, 15) is 18.3 Å². The molecule has 0 atom stereocenters. The molecule has 0 saturated carbocycles. The van der Waals surface area contributed by atoms with Crippen LogP contribution >= 0.6 is 0 Å². The summed E-state index contributed by atoms with van der Waals surface area (Å²) < 4.78 is 39.4. The Morgan fingerprint density at radius 2 is 1.27 bits per heavy atom. The highest BCUT2D eigenvalue weighted by atomic mass is 19.4. The van der Waals surface area contributed by atoms with Gasteiger partial charge in [0.25, 0.3) is 0 Å². The summed E-state index contributed by atoms with van der Waals surface area (Å²) in [6, 6.07) is 14.3. The standard InChI is InChI=1S/C26H28F3NO.C2H6/c1-24(2,3)18-14-19(23(31)20(15-18)25(4,5)6)22-12-8-11-21(30-22)16-9-7-10-17(13-16)26(27,28)29;1-2/h7-15,31H,1-6H3;1-2H3. The fourth-order valence-electron chi connectivity index (χ4n) is 3.43. The van der Waals surface area contributed by atoms with Gasteiger partial charge in [0.15, 0.2) is 0 Å². The van der Waals surface area contributed by atoms with Gasteiger partial charge in [0.2, 0.25) is 0 Å². The highest BCUT2D eigenvalue weighted by Crippen LogP contribution is 2.42. The van der Waals surface area contributed by atoms with Crippen LogP contribution in [0.5, 0.6) is 5.75 Å². The molecule has 33 heavy (non-hydrogen) atoms. The van der Waals surface area contributed by atoms with Crippen LogP contribution in [0.2, 0.25) is 0 Å². The molecule has 0 amide bonds. The van der Waals surface area contributed by atoms with Crippen molar-refractivity contribution in [3.05, 3.63) is 71.3 Å². The van der Waals surface area contributed by atoms with Gasteiger partial charge in [0, 0.05) is 16.7 Å². The van der Waals surface area contributed by atoms with E-state index in [-0.39, 0.29) is 16.6 Å². The van der Waals surface area contributed by atoms with Crippen molar-refractivity contribution in [1.29, 1.82) is 0 Å². The first-order valence-corrected chi connectivity index (χ1v) is 11.2. The number of aromatic hydroxyl groups is 1. The molecular formula is C28H34F3NO. The molecule has 5 heteroatoms. The van der Waals surface area contributed by atoms with Gasteiger partial charge in [-0.3, -0.25) is 0 Å². The van der Waals surface area contributed by atoms with Crippen LogP contribution in [0.4, 0.5) is 13.2 Å². The molecule has 2 aromatic carbocycles. The predicted octanol–water partition coefficient (Wildman–Crippen LogP) is 8.76. The molecule has 1 aromatic heterocycles. The van der Waals surface area contributed by atoms with E-state index in [2.05, 4.69) is 25.8 Å². The van der Waals surface area contributed by atoms with Gasteiger partial charge in [-0.15, -0.1) is 0 Å². The number of hydrogen-bond donors (Lipinski definition) is 1. The zero-order valence-corrected chi connectivity index (χ0v) is 20.7. The summed E-state index contributed by atoms with van der Waals surface area (Å²) in [5, 5.41) is 11.1. The lowest BCUT2D eigenvalue weighted by Gasteiger charge is -2.27. The molecule has 0 aliphatic heterocycles. The minimum absolute atomic E-state index is 0.147. The number of benzene rings is 2. The Bertz CT molecular complexity index is 1100. The zero-order chi connectivity index (χ0) is 25.2. The molecular weight excluding hydrogens is 423 g/mol. The molecule has 0 saturated heterocycles. The van der Waals surface area contributed by atoms with Crippen molar-refractivity contribution < 1.29 is 18.3 Å². The normalized spacial score (nSPS) is 12.2. The summed E-state index contributed by atoms with van der Waals surface area (Å²) in [4.78, 5) is 4.62. The van der Waals surface area contributed by atoms with Crippen LogP contribution < -0.4 is 0 Å². The minimum Gasteiger partial charge on any atom is -0.507 e. The van der Waals surface area contributed by atoms with Crippen LogP contribution in [0.3, 0.4) is 0 Å². The number of hydrogen-bond acceptors (Lipinski definition) is 2. The molecule has 3 aromatic rings. The number of pyridine rings is 1. The van der Waals surface area contributed by atoms with E-state index < -0.39 is 11.7 Å². The highest BCUT2D eigenvalue weighted by Gasteiger charge is 2.30. The maximum Gasteiger partial charge on any atom is 0.416 e. The number of aromatic nitrogens is 1. The van der Waals surface area contributed by atoms with Crippen molar-refractivity contribution in [2.45, 2.75) is 72.4 Å². The van der Waals surface area contributed by atoms with Crippen molar-refractivity contribution in [2.75, 3.05) is 0 Å². The zero-order valence-electron chi connectivity index (χ0n) is 20.7. The smallest absolute Gasteiger partial charge is 0.416 e. The second-order valence-corrected chi connectivity index (χ2v) is 9.91. The molecule has 1 N–H and O–H groups in total.